The van der Waals surface area contributed by atoms with E-state index in [1.807, 2.05) is 24.3 Å². The molecule has 0 bridgehead atoms. The van der Waals surface area contributed by atoms with Crippen molar-refractivity contribution in [2.45, 2.75) is 6.54 Å². The van der Waals surface area contributed by atoms with Crippen LogP contribution in [0.4, 0.5) is 5.69 Å². The Bertz CT molecular complexity index is 814. The molecule has 0 aliphatic rings. The van der Waals surface area contributed by atoms with Gasteiger partial charge in [0.05, 0.1) is 28.1 Å². The molecule has 1 aromatic heterocycles. The van der Waals surface area contributed by atoms with E-state index in [0.717, 1.165) is 11.0 Å². The molecule has 106 valence electrons. The second kappa shape index (κ2) is 5.76. The maximum absolute atomic E-state index is 12.1. The number of benzene rings is 2. The van der Waals surface area contributed by atoms with Crippen LogP contribution in [0.15, 0.2) is 48.8 Å². The number of nitrogens with one attached hydrogen (secondary N) is 1. The number of amides is 1. The van der Waals surface area contributed by atoms with Crippen LogP contribution in [0.25, 0.3) is 11.0 Å². The second-order valence-electron chi connectivity index (χ2n) is 4.53. The van der Waals surface area contributed by atoms with Crippen molar-refractivity contribution >= 4 is 45.8 Å². The van der Waals surface area contributed by atoms with Crippen molar-refractivity contribution in [2.24, 2.45) is 0 Å². The Kier molecular flexibility index (Phi) is 3.82. The minimum Gasteiger partial charge on any atom is -0.323 e. The summed E-state index contributed by atoms with van der Waals surface area (Å²) in [6, 6.07) is 12.6. The van der Waals surface area contributed by atoms with E-state index in [1.165, 1.54) is 0 Å². The zero-order chi connectivity index (χ0) is 14.8. The molecule has 2 aromatic carbocycles. The van der Waals surface area contributed by atoms with Gasteiger partial charge in [0, 0.05) is 5.02 Å². The van der Waals surface area contributed by atoms with Gasteiger partial charge in [-0.1, -0.05) is 35.3 Å². The summed E-state index contributed by atoms with van der Waals surface area (Å²) in [5.41, 5.74) is 2.26. The van der Waals surface area contributed by atoms with E-state index in [2.05, 4.69) is 10.3 Å². The smallest absolute Gasteiger partial charge is 0.244 e. The Morgan fingerprint density at radius 3 is 2.86 bits per heavy atom. The Labute approximate surface area is 131 Å². The molecule has 1 heterocycles. The van der Waals surface area contributed by atoms with E-state index in [9.17, 15) is 4.79 Å². The first-order chi connectivity index (χ1) is 10.1. The van der Waals surface area contributed by atoms with Crippen molar-refractivity contribution in [3.05, 3.63) is 58.8 Å². The number of halogens is 2. The maximum Gasteiger partial charge on any atom is 0.244 e. The minimum atomic E-state index is -0.192. The van der Waals surface area contributed by atoms with Gasteiger partial charge in [0.15, 0.2) is 0 Å². The monoisotopic (exact) mass is 319 g/mol. The lowest BCUT2D eigenvalue weighted by Crippen LogP contribution is -2.18. The first-order valence-electron chi connectivity index (χ1n) is 6.28. The molecule has 4 nitrogen and oxygen atoms in total. The molecule has 0 aliphatic carbocycles. The van der Waals surface area contributed by atoms with Crippen molar-refractivity contribution in [1.29, 1.82) is 0 Å². The minimum absolute atomic E-state index is 0.156. The normalized spacial score (nSPS) is 10.8. The predicted molar refractivity (Wildman–Crippen MR) is 84.8 cm³/mol. The largest absolute Gasteiger partial charge is 0.323 e. The zero-order valence-corrected chi connectivity index (χ0v) is 12.4. The van der Waals surface area contributed by atoms with Crippen molar-refractivity contribution < 1.29 is 4.79 Å². The van der Waals surface area contributed by atoms with Crippen LogP contribution in [-0.4, -0.2) is 15.5 Å². The maximum atomic E-state index is 12.1. The third-order valence-electron chi connectivity index (χ3n) is 3.04. The number of nitrogens with zero attached hydrogens (tertiary/aromatic N) is 2. The van der Waals surface area contributed by atoms with Crippen molar-refractivity contribution in [3.8, 4) is 0 Å². The Morgan fingerprint density at radius 1 is 1.19 bits per heavy atom. The second-order valence-corrected chi connectivity index (χ2v) is 5.38. The van der Waals surface area contributed by atoms with E-state index >= 15 is 0 Å². The van der Waals surface area contributed by atoms with Gasteiger partial charge in [0.1, 0.15) is 6.54 Å². The van der Waals surface area contributed by atoms with Gasteiger partial charge in [-0.25, -0.2) is 4.98 Å². The highest BCUT2D eigenvalue weighted by atomic mass is 35.5. The van der Waals surface area contributed by atoms with Gasteiger partial charge in [-0.2, -0.15) is 0 Å². The van der Waals surface area contributed by atoms with Crippen molar-refractivity contribution in [1.82, 2.24) is 9.55 Å². The third kappa shape index (κ3) is 3.01. The quantitative estimate of drug-likeness (QED) is 0.793. The Balaban J connectivity index is 1.79. The molecular weight excluding hydrogens is 309 g/mol. The molecule has 0 aliphatic heterocycles. The average Bonchev–Trinajstić information content (AvgIpc) is 2.86. The van der Waals surface area contributed by atoms with E-state index < -0.39 is 0 Å². The Hall–Kier alpha value is -2.04. The number of carbonyl (C=O) groups is 1. The lowest BCUT2D eigenvalue weighted by atomic mass is 10.3. The number of imidazole rings is 1. The van der Waals surface area contributed by atoms with E-state index in [1.54, 1.807) is 29.1 Å². The van der Waals surface area contributed by atoms with Crippen LogP contribution in [-0.2, 0) is 11.3 Å². The Morgan fingerprint density at radius 2 is 2.00 bits per heavy atom. The average molecular weight is 320 g/mol. The number of para-hydroxylation sites is 2. The molecule has 0 spiro atoms. The standard InChI is InChI=1S/C15H11Cl2N3O/c16-10-5-6-11(17)13(7-10)19-15(21)8-20-9-18-12-3-1-2-4-14(12)20/h1-7,9H,8H2,(H,19,21). The number of carbonyl (C=O) groups excluding carboxylic acids is 1. The first kappa shape index (κ1) is 13.9. The zero-order valence-electron chi connectivity index (χ0n) is 10.9. The molecular formula is C15H11Cl2N3O. The van der Waals surface area contributed by atoms with Crippen molar-refractivity contribution in [3.63, 3.8) is 0 Å². The van der Waals surface area contributed by atoms with E-state index in [0.29, 0.717) is 15.7 Å². The molecule has 3 rings (SSSR count). The fraction of sp³-hybridized carbons (Fsp3) is 0.0667. The van der Waals surface area contributed by atoms with Crippen LogP contribution in [0.3, 0.4) is 0 Å². The van der Waals surface area contributed by atoms with Gasteiger partial charge in [0.2, 0.25) is 5.91 Å². The highest BCUT2D eigenvalue weighted by molar-refractivity contribution is 6.35. The van der Waals surface area contributed by atoms with Crippen molar-refractivity contribution in [2.75, 3.05) is 5.32 Å². The first-order valence-corrected chi connectivity index (χ1v) is 7.04. The van der Waals surface area contributed by atoms with Gasteiger partial charge >= 0.3 is 0 Å². The van der Waals surface area contributed by atoms with E-state index in [-0.39, 0.29) is 12.5 Å². The van der Waals surface area contributed by atoms with Gasteiger partial charge in [-0.15, -0.1) is 0 Å². The number of anilines is 1. The summed E-state index contributed by atoms with van der Waals surface area (Å²) in [6.45, 7) is 0.156. The molecule has 0 unspecified atom stereocenters. The van der Waals surface area contributed by atoms with Crippen LogP contribution in [0.5, 0.6) is 0 Å². The van der Waals surface area contributed by atoms with Gasteiger partial charge in [-0.05, 0) is 30.3 Å². The van der Waals surface area contributed by atoms with Crippen LogP contribution >= 0.6 is 23.2 Å². The number of rotatable bonds is 3. The highest BCUT2D eigenvalue weighted by Gasteiger charge is 2.09. The summed E-state index contributed by atoms with van der Waals surface area (Å²) >= 11 is 11.9. The summed E-state index contributed by atoms with van der Waals surface area (Å²) in [4.78, 5) is 16.4. The van der Waals surface area contributed by atoms with Crippen LogP contribution < -0.4 is 5.32 Å². The summed E-state index contributed by atoms with van der Waals surface area (Å²) in [7, 11) is 0. The summed E-state index contributed by atoms with van der Waals surface area (Å²) in [6.07, 6.45) is 1.64. The predicted octanol–water partition coefficient (Wildman–Crippen LogP) is 3.98. The van der Waals surface area contributed by atoms with E-state index in [4.69, 9.17) is 23.2 Å². The lowest BCUT2D eigenvalue weighted by Gasteiger charge is -2.08. The summed E-state index contributed by atoms with van der Waals surface area (Å²) in [5, 5.41) is 3.71. The SMILES string of the molecule is O=C(Cn1cnc2ccccc21)Nc1cc(Cl)ccc1Cl. The number of hydrogen-bond acceptors (Lipinski definition) is 2. The molecule has 1 amide bonds. The fourth-order valence-electron chi connectivity index (χ4n) is 2.07. The van der Waals surface area contributed by atoms with Crippen LogP contribution in [0.2, 0.25) is 10.0 Å². The molecule has 0 saturated heterocycles. The summed E-state index contributed by atoms with van der Waals surface area (Å²) < 4.78 is 1.78. The molecule has 1 N–H and O–H groups in total. The number of fused-ring (bicyclic) bond motifs is 1. The topological polar surface area (TPSA) is 46.9 Å². The molecule has 6 heteroatoms. The van der Waals surface area contributed by atoms with Crippen LogP contribution in [0.1, 0.15) is 0 Å². The molecule has 0 radical (unpaired) electrons. The molecule has 0 fully saturated rings. The summed E-state index contributed by atoms with van der Waals surface area (Å²) in [5.74, 6) is -0.192. The fourth-order valence-corrected chi connectivity index (χ4v) is 2.41. The molecule has 3 aromatic rings. The molecule has 0 saturated carbocycles. The third-order valence-corrected chi connectivity index (χ3v) is 3.61. The highest BCUT2D eigenvalue weighted by Crippen LogP contribution is 2.25. The van der Waals surface area contributed by atoms with Gasteiger partial charge in [0.25, 0.3) is 0 Å². The van der Waals surface area contributed by atoms with Gasteiger partial charge < -0.3 is 9.88 Å². The number of hydrogen-bond donors (Lipinski definition) is 1. The van der Waals surface area contributed by atoms with Gasteiger partial charge in [-0.3, -0.25) is 4.79 Å². The number of aromatic nitrogens is 2. The molecule has 21 heavy (non-hydrogen) atoms. The molecule has 0 atom stereocenters. The lowest BCUT2D eigenvalue weighted by molar-refractivity contribution is -0.116. The van der Waals surface area contributed by atoms with Crippen LogP contribution in [0, 0.1) is 0 Å².